The van der Waals surface area contributed by atoms with E-state index < -0.39 is 5.60 Å². The first-order valence-corrected chi connectivity index (χ1v) is 8.36. The minimum absolute atomic E-state index is 0.227. The van der Waals surface area contributed by atoms with Crippen molar-refractivity contribution >= 4 is 23.2 Å². The Labute approximate surface area is 142 Å². The number of likely N-dealkylation sites (tertiary alicyclic amines) is 1. The molecule has 24 heavy (non-hydrogen) atoms. The largest absolute Gasteiger partial charge is 0.444 e. The van der Waals surface area contributed by atoms with Crippen molar-refractivity contribution in [3.8, 4) is 0 Å². The maximum absolute atomic E-state index is 12.1. The number of benzene rings is 1. The Balaban J connectivity index is 1.57. The van der Waals surface area contributed by atoms with Crippen LogP contribution in [0.5, 0.6) is 0 Å². The van der Waals surface area contributed by atoms with Gasteiger partial charge in [0.1, 0.15) is 11.1 Å². The Hall–Kier alpha value is -2.24. The van der Waals surface area contributed by atoms with Crippen molar-refractivity contribution in [3.63, 3.8) is 0 Å². The number of fused-ring (bicyclic) bond motifs is 1. The lowest BCUT2D eigenvalue weighted by molar-refractivity contribution is 0.0288. The predicted octanol–water partition coefficient (Wildman–Crippen LogP) is 3.52. The highest BCUT2D eigenvalue weighted by Crippen LogP contribution is 2.24. The number of hydrogen-bond acceptors (Lipinski definition) is 5. The van der Waals surface area contributed by atoms with Crippen LogP contribution in [0.2, 0.25) is 0 Å². The summed E-state index contributed by atoms with van der Waals surface area (Å²) in [6.45, 7) is 7.91. The van der Waals surface area contributed by atoms with Crippen molar-refractivity contribution in [1.82, 2.24) is 9.88 Å². The molecule has 1 atom stereocenters. The third-order valence-electron chi connectivity index (χ3n) is 4.08. The Morgan fingerprint density at radius 2 is 2.17 bits per heavy atom. The number of aromatic nitrogens is 1. The van der Waals surface area contributed by atoms with Crippen molar-refractivity contribution in [3.05, 3.63) is 24.3 Å². The van der Waals surface area contributed by atoms with Gasteiger partial charge in [0, 0.05) is 26.7 Å². The molecule has 2 heterocycles. The van der Waals surface area contributed by atoms with Gasteiger partial charge in [-0.1, -0.05) is 12.1 Å². The fourth-order valence-corrected chi connectivity index (χ4v) is 2.96. The molecular weight excluding hydrogens is 306 g/mol. The molecular formula is C18H25N3O3. The fraction of sp³-hybridized carbons (Fsp3) is 0.556. The Morgan fingerprint density at radius 1 is 1.42 bits per heavy atom. The molecule has 1 fully saturated rings. The molecule has 1 aliphatic heterocycles. The van der Waals surface area contributed by atoms with Crippen molar-refractivity contribution in [2.45, 2.75) is 32.8 Å². The number of amides is 1. The average molecular weight is 331 g/mol. The van der Waals surface area contributed by atoms with Crippen molar-refractivity contribution in [1.29, 1.82) is 0 Å². The number of nitrogens with zero attached hydrogens (tertiary/aromatic N) is 3. The summed E-state index contributed by atoms with van der Waals surface area (Å²) >= 11 is 0. The summed E-state index contributed by atoms with van der Waals surface area (Å²) in [6, 6.07) is 8.36. The zero-order chi connectivity index (χ0) is 17.3. The molecule has 0 radical (unpaired) electrons. The molecule has 0 unspecified atom stereocenters. The van der Waals surface area contributed by atoms with E-state index in [1.54, 1.807) is 4.90 Å². The SMILES string of the molecule is CN(C[C@@H]1CCN(C(=O)OC(C)(C)C)C1)c1nc2ccccc2o1. The fourth-order valence-electron chi connectivity index (χ4n) is 2.96. The van der Waals surface area contributed by atoms with E-state index >= 15 is 0 Å². The quantitative estimate of drug-likeness (QED) is 0.861. The van der Waals surface area contributed by atoms with Crippen LogP contribution in [-0.4, -0.2) is 48.3 Å². The molecule has 3 rings (SSSR count). The second kappa shape index (κ2) is 6.34. The minimum Gasteiger partial charge on any atom is -0.444 e. The van der Waals surface area contributed by atoms with Crippen LogP contribution in [0.1, 0.15) is 27.2 Å². The van der Waals surface area contributed by atoms with E-state index in [2.05, 4.69) is 4.98 Å². The molecule has 1 saturated heterocycles. The molecule has 6 heteroatoms. The molecule has 0 N–H and O–H groups in total. The lowest BCUT2D eigenvalue weighted by Gasteiger charge is -2.25. The van der Waals surface area contributed by atoms with Crippen LogP contribution in [-0.2, 0) is 4.74 Å². The third kappa shape index (κ3) is 3.80. The monoisotopic (exact) mass is 331 g/mol. The summed E-state index contributed by atoms with van der Waals surface area (Å²) in [6.07, 6.45) is 0.735. The molecule has 0 saturated carbocycles. The average Bonchev–Trinajstić information content (AvgIpc) is 3.11. The standard InChI is InChI=1S/C18H25N3O3/c1-18(2,3)24-17(22)21-10-9-13(12-21)11-20(4)16-19-14-7-5-6-8-15(14)23-16/h5-8,13H,9-12H2,1-4H3/t13-/m0/s1. The van der Waals surface area contributed by atoms with Gasteiger partial charge in [-0.25, -0.2) is 4.79 Å². The van der Waals surface area contributed by atoms with Gasteiger partial charge < -0.3 is 19.0 Å². The number of hydrogen-bond donors (Lipinski definition) is 0. The van der Waals surface area contributed by atoms with Crippen LogP contribution in [0, 0.1) is 5.92 Å². The number of anilines is 1. The molecule has 1 aromatic carbocycles. The summed E-state index contributed by atoms with van der Waals surface area (Å²) in [5.74, 6) is 0.387. The van der Waals surface area contributed by atoms with Crippen LogP contribution in [0.15, 0.2) is 28.7 Å². The molecule has 1 aliphatic rings. The van der Waals surface area contributed by atoms with Crippen LogP contribution in [0.3, 0.4) is 0 Å². The Morgan fingerprint density at radius 3 is 2.88 bits per heavy atom. The van der Waals surface area contributed by atoms with Gasteiger partial charge in [0.2, 0.25) is 0 Å². The van der Waals surface area contributed by atoms with Gasteiger partial charge in [-0.05, 0) is 45.2 Å². The van der Waals surface area contributed by atoms with Gasteiger partial charge in [0.15, 0.2) is 5.58 Å². The van der Waals surface area contributed by atoms with Crippen LogP contribution >= 0.6 is 0 Å². The van der Waals surface area contributed by atoms with Gasteiger partial charge in [-0.15, -0.1) is 0 Å². The minimum atomic E-state index is -0.454. The lowest BCUT2D eigenvalue weighted by Crippen LogP contribution is -2.36. The topological polar surface area (TPSA) is 58.8 Å². The van der Waals surface area contributed by atoms with Crippen LogP contribution < -0.4 is 4.90 Å². The summed E-state index contributed by atoms with van der Waals surface area (Å²) in [4.78, 5) is 20.5. The first-order chi connectivity index (χ1) is 11.3. The maximum atomic E-state index is 12.1. The highest BCUT2D eigenvalue weighted by Gasteiger charge is 2.30. The smallest absolute Gasteiger partial charge is 0.410 e. The van der Waals surface area contributed by atoms with Crippen LogP contribution in [0.4, 0.5) is 10.8 Å². The van der Waals surface area contributed by atoms with Gasteiger partial charge in [-0.2, -0.15) is 4.98 Å². The summed E-state index contributed by atoms with van der Waals surface area (Å²) in [5, 5.41) is 0. The molecule has 130 valence electrons. The Bertz CT molecular complexity index is 687. The molecule has 0 aliphatic carbocycles. The third-order valence-corrected chi connectivity index (χ3v) is 4.08. The number of rotatable bonds is 3. The molecule has 2 aromatic rings. The number of ether oxygens (including phenoxy) is 1. The van der Waals surface area contributed by atoms with Crippen molar-refractivity contribution < 1.29 is 13.9 Å². The summed E-state index contributed by atoms with van der Waals surface area (Å²) < 4.78 is 11.2. The zero-order valence-electron chi connectivity index (χ0n) is 14.8. The molecule has 0 spiro atoms. The van der Waals surface area contributed by atoms with E-state index in [9.17, 15) is 4.79 Å². The molecule has 1 aromatic heterocycles. The second-order valence-corrected chi connectivity index (χ2v) is 7.43. The maximum Gasteiger partial charge on any atom is 0.410 e. The number of oxazole rings is 1. The van der Waals surface area contributed by atoms with Crippen molar-refractivity contribution in [2.24, 2.45) is 5.92 Å². The number of carbonyl (C=O) groups excluding carboxylic acids is 1. The summed E-state index contributed by atoms with van der Waals surface area (Å²) in [7, 11) is 1.97. The lowest BCUT2D eigenvalue weighted by atomic mass is 10.1. The number of para-hydroxylation sites is 2. The van der Waals surface area contributed by atoms with Gasteiger partial charge in [0.05, 0.1) is 0 Å². The molecule has 6 nitrogen and oxygen atoms in total. The van der Waals surface area contributed by atoms with Crippen molar-refractivity contribution in [2.75, 3.05) is 31.6 Å². The predicted molar refractivity (Wildman–Crippen MR) is 93.2 cm³/mol. The Kier molecular flexibility index (Phi) is 4.39. The van der Waals surface area contributed by atoms with Gasteiger partial charge >= 0.3 is 6.09 Å². The zero-order valence-corrected chi connectivity index (χ0v) is 14.8. The second-order valence-electron chi connectivity index (χ2n) is 7.43. The molecule has 1 amide bonds. The first-order valence-electron chi connectivity index (χ1n) is 8.36. The van der Waals surface area contributed by atoms with E-state index in [1.165, 1.54) is 0 Å². The van der Waals surface area contributed by atoms with E-state index in [0.717, 1.165) is 30.6 Å². The highest BCUT2D eigenvalue weighted by molar-refractivity contribution is 5.74. The molecule has 0 bridgehead atoms. The highest BCUT2D eigenvalue weighted by atomic mass is 16.6. The van der Waals surface area contributed by atoms with Crippen LogP contribution in [0.25, 0.3) is 11.1 Å². The van der Waals surface area contributed by atoms with E-state index in [4.69, 9.17) is 9.15 Å². The van der Waals surface area contributed by atoms with E-state index in [0.29, 0.717) is 18.5 Å². The number of carbonyl (C=O) groups is 1. The van der Waals surface area contributed by atoms with Gasteiger partial charge in [0.25, 0.3) is 6.01 Å². The van der Waals surface area contributed by atoms with Gasteiger partial charge in [-0.3, -0.25) is 0 Å². The first kappa shape index (κ1) is 16.6. The van der Waals surface area contributed by atoms with E-state index in [-0.39, 0.29) is 6.09 Å². The summed E-state index contributed by atoms with van der Waals surface area (Å²) in [5.41, 5.74) is 1.20. The normalized spacial score (nSPS) is 18.2. The van der Waals surface area contributed by atoms with E-state index in [1.807, 2.05) is 57.0 Å².